The lowest BCUT2D eigenvalue weighted by molar-refractivity contribution is -0.137. The molecule has 18 heavy (non-hydrogen) atoms. The number of ketones is 1. The van der Waals surface area contributed by atoms with Gasteiger partial charge in [-0.05, 0) is 19.1 Å². The lowest BCUT2D eigenvalue weighted by Crippen LogP contribution is -2.17. The van der Waals surface area contributed by atoms with Crippen molar-refractivity contribution in [1.29, 1.82) is 0 Å². The van der Waals surface area contributed by atoms with E-state index in [1.54, 1.807) is 29.8 Å². The Kier molecular flexibility index (Phi) is 3.39. The van der Waals surface area contributed by atoms with E-state index < -0.39 is 11.8 Å². The van der Waals surface area contributed by atoms with Crippen LogP contribution in [0.25, 0.3) is 10.9 Å². The number of esters is 1. The van der Waals surface area contributed by atoms with Gasteiger partial charge in [-0.2, -0.15) is 0 Å². The molecule has 1 heterocycles. The van der Waals surface area contributed by atoms with E-state index in [2.05, 4.69) is 0 Å². The molecular formula is C13H12ClNO3. The van der Waals surface area contributed by atoms with E-state index in [0.29, 0.717) is 10.4 Å². The molecule has 2 rings (SSSR count). The van der Waals surface area contributed by atoms with Crippen molar-refractivity contribution in [2.75, 3.05) is 6.61 Å². The summed E-state index contributed by atoms with van der Waals surface area (Å²) in [5, 5.41) is 1.03. The van der Waals surface area contributed by atoms with Crippen LogP contribution in [0.1, 0.15) is 17.3 Å². The first-order valence-corrected chi connectivity index (χ1v) is 5.89. The molecule has 0 radical (unpaired) electrons. The molecule has 1 aromatic heterocycles. The number of carbonyl (C=O) groups excluding carboxylic acids is 2. The normalized spacial score (nSPS) is 10.6. The Morgan fingerprint density at radius 3 is 2.78 bits per heavy atom. The van der Waals surface area contributed by atoms with Crippen molar-refractivity contribution in [2.24, 2.45) is 7.05 Å². The largest absolute Gasteiger partial charge is 0.460 e. The fourth-order valence-corrected chi connectivity index (χ4v) is 2.23. The molecule has 0 aliphatic rings. The lowest BCUT2D eigenvalue weighted by atomic mass is 10.1. The van der Waals surface area contributed by atoms with Crippen LogP contribution in [0.4, 0.5) is 0 Å². The molecule has 0 unspecified atom stereocenters. The number of ether oxygens (including phenoxy) is 1. The topological polar surface area (TPSA) is 48.3 Å². The minimum Gasteiger partial charge on any atom is -0.460 e. The number of benzene rings is 1. The van der Waals surface area contributed by atoms with E-state index >= 15 is 0 Å². The molecule has 0 spiro atoms. The third-order valence-electron chi connectivity index (χ3n) is 2.67. The predicted molar refractivity (Wildman–Crippen MR) is 68.9 cm³/mol. The summed E-state index contributed by atoms with van der Waals surface area (Å²) < 4.78 is 6.52. The molecule has 0 bridgehead atoms. The van der Waals surface area contributed by atoms with Crippen LogP contribution in [0.15, 0.2) is 24.4 Å². The molecule has 0 saturated heterocycles. The lowest BCUT2D eigenvalue weighted by Gasteiger charge is -2.03. The molecule has 5 heteroatoms. The van der Waals surface area contributed by atoms with E-state index in [9.17, 15) is 9.59 Å². The molecule has 0 aliphatic heterocycles. The number of nitrogens with zero attached hydrogens (tertiary/aromatic N) is 1. The van der Waals surface area contributed by atoms with Crippen LogP contribution in [0.3, 0.4) is 0 Å². The summed E-state index contributed by atoms with van der Waals surface area (Å²) in [6.45, 7) is 1.82. The van der Waals surface area contributed by atoms with Crippen molar-refractivity contribution in [3.8, 4) is 0 Å². The number of carbonyl (C=O) groups is 2. The van der Waals surface area contributed by atoms with Crippen molar-refractivity contribution in [2.45, 2.75) is 6.92 Å². The molecule has 0 fully saturated rings. The van der Waals surface area contributed by atoms with Gasteiger partial charge in [0.25, 0.3) is 5.78 Å². The summed E-state index contributed by atoms with van der Waals surface area (Å²) >= 11 is 6.08. The summed E-state index contributed by atoms with van der Waals surface area (Å²) in [6.07, 6.45) is 1.70. The number of rotatable bonds is 3. The van der Waals surface area contributed by atoms with Crippen molar-refractivity contribution in [3.63, 3.8) is 0 Å². The molecule has 94 valence electrons. The van der Waals surface area contributed by atoms with E-state index in [1.807, 2.05) is 13.1 Å². The molecule has 0 atom stereocenters. The fourth-order valence-electron chi connectivity index (χ4n) is 1.88. The molecule has 0 amide bonds. The third-order valence-corrected chi connectivity index (χ3v) is 2.96. The standard InChI is InChI=1S/C13H12ClNO3/c1-3-18-13(17)12(16)8-5-4-6-10-11(8)9(14)7-15(10)2/h4-7H,3H2,1-2H3. The zero-order valence-corrected chi connectivity index (χ0v) is 10.8. The van der Waals surface area contributed by atoms with Gasteiger partial charge in [-0.25, -0.2) is 4.79 Å². The minimum atomic E-state index is -0.857. The molecule has 0 N–H and O–H groups in total. The average Bonchev–Trinajstić information content (AvgIpc) is 2.65. The predicted octanol–water partition coefficient (Wildman–Crippen LogP) is 2.58. The average molecular weight is 266 g/mol. The summed E-state index contributed by atoms with van der Waals surface area (Å²) in [5.74, 6) is -1.53. The highest BCUT2D eigenvalue weighted by atomic mass is 35.5. The van der Waals surface area contributed by atoms with Crippen molar-refractivity contribution in [3.05, 3.63) is 35.0 Å². The van der Waals surface area contributed by atoms with E-state index in [4.69, 9.17) is 16.3 Å². The maximum absolute atomic E-state index is 12.0. The molecule has 2 aromatic rings. The highest BCUT2D eigenvalue weighted by Gasteiger charge is 2.22. The van der Waals surface area contributed by atoms with E-state index in [1.165, 1.54) is 0 Å². The summed E-state index contributed by atoms with van der Waals surface area (Å²) in [5.41, 5.74) is 1.08. The van der Waals surface area contributed by atoms with Crippen LogP contribution < -0.4 is 0 Å². The van der Waals surface area contributed by atoms with Crippen molar-refractivity contribution < 1.29 is 14.3 Å². The number of hydrogen-bond acceptors (Lipinski definition) is 3. The van der Waals surface area contributed by atoms with Gasteiger partial charge in [0, 0.05) is 24.2 Å². The summed E-state index contributed by atoms with van der Waals surface area (Å²) in [7, 11) is 1.83. The Hall–Kier alpha value is -1.81. The van der Waals surface area contributed by atoms with Gasteiger partial charge in [0.2, 0.25) is 0 Å². The van der Waals surface area contributed by atoms with Gasteiger partial charge in [0.15, 0.2) is 0 Å². The number of fused-ring (bicyclic) bond motifs is 1. The molecule has 4 nitrogen and oxygen atoms in total. The Bertz CT molecular complexity index is 630. The molecule has 0 saturated carbocycles. The van der Waals surface area contributed by atoms with Gasteiger partial charge in [0.1, 0.15) is 0 Å². The van der Waals surface area contributed by atoms with E-state index in [0.717, 1.165) is 5.52 Å². The second-order valence-corrected chi connectivity index (χ2v) is 4.24. The summed E-state index contributed by atoms with van der Waals surface area (Å²) in [6, 6.07) is 5.13. The summed E-state index contributed by atoms with van der Waals surface area (Å²) in [4.78, 5) is 23.5. The van der Waals surface area contributed by atoms with Crippen LogP contribution in [-0.4, -0.2) is 22.9 Å². The van der Waals surface area contributed by atoms with Crippen LogP contribution in [0.5, 0.6) is 0 Å². The number of aryl methyl sites for hydroxylation is 1. The van der Waals surface area contributed by atoms with Crippen LogP contribution in [0.2, 0.25) is 5.02 Å². The highest BCUT2D eigenvalue weighted by molar-refractivity contribution is 6.45. The maximum Gasteiger partial charge on any atom is 0.379 e. The number of aromatic nitrogens is 1. The number of Topliss-reactive ketones (excluding diaryl/α,β-unsaturated/α-hetero) is 1. The van der Waals surface area contributed by atoms with Gasteiger partial charge in [-0.3, -0.25) is 4.79 Å². The third kappa shape index (κ3) is 1.99. The monoisotopic (exact) mass is 265 g/mol. The Morgan fingerprint density at radius 2 is 2.11 bits per heavy atom. The zero-order valence-electron chi connectivity index (χ0n) is 10.1. The Balaban J connectivity index is 2.58. The van der Waals surface area contributed by atoms with Crippen LogP contribution in [0, 0.1) is 0 Å². The van der Waals surface area contributed by atoms with Gasteiger partial charge in [-0.15, -0.1) is 0 Å². The first-order valence-electron chi connectivity index (χ1n) is 5.51. The van der Waals surface area contributed by atoms with Gasteiger partial charge < -0.3 is 9.30 Å². The second kappa shape index (κ2) is 4.82. The van der Waals surface area contributed by atoms with E-state index in [-0.39, 0.29) is 12.2 Å². The first-order chi connectivity index (χ1) is 8.56. The molecular weight excluding hydrogens is 254 g/mol. The van der Waals surface area contributed by atoms with Gasteiger partial charge in [-0.1, -0.05) is 17.7 Å². The van der Waals surface area contributed by atoms with Crippen molar-refractivity contribution in [1.82, 2.24) is 4.57 Å². The maximum atomic E-state index is 12.0. The fraction of sp³-hybridized carbons (Fsp3) is 0.231. The quantitative estimate of drug-likeness (QED) is 0.487. The highest BCUT2D eigenvalue weighted by Crippen LogP contribution is 2.28. The Morgan fingerprint density at radius 1 is 1.39 bits per heavy atom. The number of hydrogen-bond donors (Lipinski definition) is 0. The van der Waals surface area contributed by atoms with Crippen LogP contribution in [-0.2, 0) is 16.6 Å². The Labute approximate surface area is 109 Å². The van der Waals surface area contributed by atoms with Gasteiger partial charge >= 0.3 is 5.97 Å². The molecule has 1 aromatic carbocycles. The SMILES string of the molecule is CCOC(=O)C(=O)c1cccc2c1c(Cl)cn2C. The van der Waals surface area contributed by atoms with Crippen molar-refractivity contribution >= 4 is 34.3 Å². The van der Waals surface area contributed by atoms with Gasteiger partial charge in [0.05, 0.1) is 17.1 Å². The molecule has 0 aliphatic carbocycles. The van der Waals surface area contributed by atoms with Crippen LogP contribution >= 0.6 is 11.6 Å². The first kappa shape index (κ1) is 12.6. The number of halogens is 1. The second-order valence-electron chi connectivity index (χ2n) is 3.84. The minimum absolute atomic E-state index is 0.170. The zero-order chi connectivity index (χ0) is 13.3. The smallest absolute Gasteiger partial charge is 0.379 e.